The van der Waals surface area contributed by atoms with Crippen molar-refractivity contribution in [1.29, 1.82) is 0 Å². The first-order valence-electron chi connectivity index (χ1n) is 14.0. The molecule has 3 aromatic rings. The van der Waals surface area contributed by atoms with Gasteiger partial charge in [0, 0.05) is 0 Å². The zero-order valence-corrected chi connectivity index (χ0v) is 25.4. The van der Waals surface area contributed by atoms with Crippen LogP contribution in [0.2, 0.25) is 0 Å². The van der Waals surface area contributed by atoms with Crippen LogP contribution in [0.3, 0.4) is 0 Å². The summed E-state index contributed by atoms with van der Waals surface area (Å²) >= 11 is 5.79. The zero-order chi connectivity index (χ0) is 30.8. The number of fused-ring (bicyclic) bond motifs is 1. The molecule has 1 saturated carbocycles. The van der Waals surface area contributed by atoms with Crippen molar-refractivity contribution in [3.05, 3.63) is 52.8 Å². The van der Waals surface area contributed by atoms with Gasteiger partial charge in [0.2, 0.25) is 0 Å². The second-order valence-electron chi connectivity index (χ2n) is 10.7. The SMILES string of the molecule is C#C[C@@]1(O)[C@H](O)[C@@H](COP(=S)(NC(C)C(=O)OC2CCCCC2)Oc2ccccc2)O[C@H]1n1cnc2c(=O)[nH]c(C)nc21. The number of aliphatic hydroxyl groups excluding tert-OH is 1. The molecule has 13 nitrogen and oxygen atoms in total. The van der Waals surface area contributed by atoms with E-state index in [0.717, 1.165) is 32.1 Å². The largest absolute Gasteiger partial charge is 0.461 e. The lowest BCUT2D eigenvalue weighted by Gasteiger charge is -2.29. The molecule has 2 unspecified atom stereocenters. The molecular weight excluding hydrogens is 597 g/mol. The van der Waals surface area contributed by atoms with Gasteiger partial charge in [-0.15, -0.1) is 6.42 Å². The first-order chi connectivity index (χ1) is 20.5. The number of carbonyl (C=O) groups is 1. The van der Waals surface area contributed by atoms with Crippen LogP contribution in [0.5, 0.6) is 5.75 Å². The van der Waals surface area contributed by atoms with E-state index in [1.807, 2.05) is 6.07 Å². The summed E-state index contributed by atoms with van der Waals surface area (Å²) in [7, 11) is 0. The lowest BCUT2D eigenvalue weighted by Crippen LogP contribution is -2.46. The topological polar surface area (TPSA) is 170 Å². The van der Waals surface area contributed by atoms with Gasteiger partial charge in [0.1, 0.15) is 35.9 Å². The molecule has 0 spiro atoms. The Morgan fingerprint density at radius 3 is 2.77 bits per heavy atom. The number of benzene rings is 1. The molecular formula is C28H34N5O8PS. The predicted molar refractivity (Wildman–Crippen MR) is 159 cm³/mol. The minimum Gasteiger partial charge on any atom is -0.461 e. The molecule has 6 atom stereocenters. The van der Waals surface area contributed by atoms with E-state index in [9.17, 15) is 19.8 Å². The highest BCUT2D eigenvalue weighted by atomic mass is 32.5. The van der Waals surface area contributed by atoms with Gasteiger partial charge in [-0.2, -0.15) is 0 Å². The van der Waals surface area contributed by atoms with Gasteiger partial charge in [-0.05, 0) is 63.5 Å². The molecule has 1 aromatic carbocycles. The third kappa shape index (κ3) is 6.68. The molecule has 3 heterocycles. The summed E-state index contributed by atoms with van der Waals surface area (Å²) in [6.45, 7) is -0.659. The Hall–Kier alpha value is -3.15. The average Bonchev–Trinajstić information content (AvgIpc) is 3.51. The van der Waals surface area contributed by atoms with E-state index in [4.69, 9.17) is 36.8 Å². The number of ether oxygens (including phenoxy) is 2. The van der Waals surface area contributed by atoms with E-state index in [1.54, 1.807) is 38.1 Å². The molecule has 2 aromatic heterocycles. The number of aliphatic hydroxyl groups is 2. The van der Waals surface area contributed by atoms with Crippen LogP contribution >= 0.6 is 6.64 Å². The van der Waals surface area contributed by atoms with Crippen LogP contribution in [0.25, 0.3) is 11.2 Å². The number of H-pyrrole nitrogens is 1. The third-order valence-corrected chi connectivity index (χ3v) is 9.94. The Morgan fingerprint density at radius 1 is 1.35 bits per heavy atom. The van der Waals surface area contributed by atoms with Gasteiger partial charge in [0.05, 0.1) is 12.9 Å². The number of nitrogens with zero attached hydrogens (tertiary/aromatic N) is 3. The number of para-hydroxylation sites is 1. The number of terminal acetylenes is 1. The minimum absolute atomic E-state index is 0.00724. The third-order valence-electron chi connectivity index (χ3n) is 7.44. The van der Waals surface area contributed by atoms with Crippen molar-refractivity contribution in [2.75, 3.05) is 6.61 Å². The standard InChI is InChI=1S/C28H34N5O8PS/c1-4-28(37)23(34)21(40-27(28)33-16-29-22-24(33)30-18(3)31-25(22)35)15-38-42(43,41-20-13-9-6-10-14-20)32-17(2)26(36)39-19-11-7-5-8-12-19/h1,6,9-10,13-14,16-17,19,21,23,27,34,37H,5,7-8,11-12,15H2,2-3H3,(H,32,43)(H,30,31,35)/t17?,21-,23-,27-,28-,42?/m1/s1. The van der Waals surface area contributed by atoms with E-state index in [1.165, 1.54) is 10.9 Å². The molecule has 15 heteroatoms. The number of hydrogen-bond donors (Lipinski definition) is 4. The number of aromatic amines is 1. The molecule has 2 fully saturated rings. The Kier molecular flexibility index (Phi) is 9.34. The fourth-order valence-corrected chi connectivity index (χ4v) is 7.58. The number of aromatic nitrogens is 4. The highest BCUT2D eigenvalue weighted by molar-refractivity contribution is 8.09. The van der Waals surface area contributed by atoms with Crippen LogP contribution in [-0.2, 0) is 30.6 Å². The van der Waals surface area contributed by atoms with Crippen molar-refractivity contribution in [2.45, 2.75) is 82.1 Å². The lowest BCUT2D eigenvalue weighted by atomic mass is 9.95. The second-order valence-corrected chi connectivity index (χ2v) is 13.8. The number of esters is 1. The van der Waals surface area contributed by atoms with Gasteiger partial charge in [0.25, 0.3) is 5.56 Å². The summed E-state index contributed by atoms with van der Waals surface area (Å²) in [6.07, 6.45) is 7.34. The van der Waals surface area contributed by atoms with Gasteiger partial charge in [-0.1, -0.05) is 30.5 Å². The van der Waals surface area contributed by atoms with E-state index < -0.39 is 48.2 Å². The van der Waals surface area contributed by atoms with E-state index in [-0.39, 0.29) is 23.9 Å². The molecule has 230 valence electrons. The summed E-state index contributed by atoms with van der Waals surface area (Å²) in [4.78, 5) is 36.2. The number of carbonyl (C=O) groups excluding carboxylic acids is 1. The summed E-state index contributed by atoms with van der Waals surface area (Å²) < 4.78 is 25.1. The normalized spacial score (nSPS) is 26.4. The molecule has 4 N–H and O–H groups in total. The Balaban J connectivity index is 1.35. The predicted octanol–water partition coefficient (Wildman–Crippen LogP) is 2.22. The number of imidazole rings is 1. The molecule has 5 rings (SSSR count). The van der Waals surface area contributed by atoms with Crippen molar-refractivity contribution in [2.24, 2.45) is 0 Å². The molecule has 1 saturated heterocycles. The number of rotatable bonds is 10. The highest BCUT2D eigenvalue weighted by Gasteiger charge is 2.56. The first-order valence-corrected chi connectivity index (χ1v) is 16.6. The maximum Gasteiger partial charge on any atom is 0.323 e. The summed E-state index contributed by atoms with van der Waals surface area (Å²) in [6, 6.07) is 7.83. The van der Waals surface area contributed by atoms with Crippen LogP contribution in [0.4, 0.5) is 0 Å². The summed E-state index contributed by atoms with van der Waals surface area (Å²) in [5.41, 5.74) is -2.61. The number of nitrogens with one attached hydrogen (secondary N) is 2. The number of aryl methyl sites for hydroxylation is 1. The van der Waals surface area contributed by atoms with Gasteiger partial charge in [-0.3, -0.25) is 14.2 Å². The molecule has 1 aliphatic heterocycles. The monoisotopic (exact) mass is 631 g/mol. The van der Waals surface area contributed by atoms with Crippen LogP contribution in [0.1, 0.15) is 51.1 Å². The van der Waals surface area contributed by atoms with Crippen molar-refractivity contribution in [1.82, 2.24) is 24.6 Å². The van der Waals surface area contributed by atoms with Crippen LogP contribution < -0.4 is 15.2 Å². The average molecular weight is 632 g/mol. The lowest BCUT2D eigenvalue weighted by molar-refractivity contribution is -0.152. The highest BCUT2D eigenvalue weighted by Crippen LogP contribution is 2.47. The minimum atomic E-state index is -3.48. The fourth-order valence-electron chi connectivity index (χ4n) is 5.17. The molecule has 0 radical (unpaired) electrons. The van der Waals surface area contributed by atoms with Crippen LogP contribution in [-0.4, -0.2) is 72.3 Å². The van der Waals surface area contributed by atoms with Crippen LogP contribution in [0.15, 0.2) is 41.5 Å². The van der Waals surface area contributed by atoms with Crippen molar-refractivity contribution in [3.8, 4) is 18.1 Å². The number of hydrogen-bond acceptors (Lipinski definition) is 11. The zero-order valence-electron chi connectivity index (χ0n) is 23.7. The van der Waals surface area contributed by atoms with Gasteiger partial charge >= 0.3 is 12.6 Å². The fraction of sp³-hybridized carbons (Fsp3) is 0.500. The second kappa shape index (κ2) is 12.8. The van der Waals surface area contributed by atoms with Gasteiger partial charge in [-0.25, -0.2) is 15.1 Å². The molecule has 0 amide bonds. The Labute approximate surface area is 253 Å². The Morgan fingerprint density at radius 2 is 2.07 bits per heavy atom. The quantitative estimate of drug-likeness (QED) is 0.146. The molecule has 2 aliphatic rings. The van der Waals surface area contributed by atoms with Gasteiger partial charge in [0.15, 0.2) is 23.0 Å². The maximum atomic E-state index is 12.9. The van der Waals surface area contributed by atoms with Gasteiger partial charge < -0.3 is 33.7 Å². The van der Waals surface area contributed by atoms with Crippen molar-refractivity contribution < 1.29 is 33.5 Å². The summed E-state index contributed by atoms with van der Waals surface area (Å²) in [5.74, 6) is 2.44. The van der Waals surface area contributed by atoms with Crippen molar-refractivity contribution in [3.63, 3.8) is 0 Å². The first kappa shape index (κ1) is 31.3. The molecule has 43 heavy (non-hydrogen) atoms. The summed E-state index contributed by atoms with van der Waals surface area (Å²) in [5, 5.41) is 25.5. The van der Waals surface area contributed by atoms with E-state index in [0.29, 0.717) is 11.6 Å². The Bertz CT molecular complexity index is 1600. The molecule has 0 bridgehead atoms. The van der Waals surface area contributed by atoms with Crippen LogP contribution in [0, 0.1) is 19.3 Å². The van der Waals surface area contributed by atoms with E-state index in [2.05, 4.69) is 26.0 Å². The maximum absolute atomic E-state index is 12.9. The van der Waals surface area contributed by atoms with Crippen molar-refractivity contribution >= 4 is 35.6 Å². The smallest absolute Gasteiger partial charge is 0.323 e. The molecule has 1 aliphatic carbocycles. The van der Waals surface area contributed by atoms with E-state index >= 15 is 0 Å².